The van der Waals surface area contributed by atoms with Crippen molar-refractivity contribution in [1.82, 2.24) is 15.0 Å². The fraction of sp³-hybridized carbons (Fsp3) is 0.292. The summed E-state index contributed by atoms with van der Waals surface area (Å²) in [5.41, 5.74) is 3.21. The highest BCUT2D eigenvalue weighted by Crippen LogP contribution is 2.25. The highest BCUT2D eigenvalue weighted by atomic mass is 16.5. The molecule has 0 atom stereocenters. The van der Waals surface area contributed by atoms with Gasteiger partial charge in [-0.25, -0.2) is 9.48 Å². The molecule has 0 fully saturated rings. The van der Waals surface area contributed by atoms with Gasteiger partial charge in [0.25, 0.3) is 0 Å². The van der Waals surface area contributed by atoms with E-state index < -0.39 is 0 Å². The lowest BCUT2D eigenvalue weighted by atomic mass is 10.0. The predicted molar refractivity (Wildman–Crippen MR) is 118 cm³/mol. The molecule has 0 saturated carbocycles. The van der Waals surface area contributed by atoms with E-state index in [9.17, 15) is 4.79 Å². The van der Waals surface area contributed by atoms with Gasteiger partial charge in [-0.05, 0) is 48.2 Å². The van der Waals surface area contributed by atoms with E-state index in [-0.39, 0.29) is 5.63 Å². The topological polar surface area (TPSA) is 79.4 Å². The number of aromatic nitrogens is 3. The van der Waals surface area contributed by atoms with Crippen molar-refractivity contribution in [2.75, 3.05) is 6.61 Å². The molecule has 0 aliphatic heterocycles. The third kappa shape index (κ3) is 5.12. The first kappa shape index (κ1) is 20.7. The Morgan fingerprint density at radius 3 is 2.74 bits per heavy atom. The number of fused-ring (bicyclic) bond motifs is 1. The fourth-order valence-electron chi connectivity index (χ4n) is 3.18. The first-order chi connectivity index (χ1) is 15.0. The van der Waals surface area contributed by atoms with Gasteiger partial charge in [-0.3, -0.25) is 0 Å². The van der Waals surface area contributed by atoms with Gasteiger partial charge in [0.1, 0.15) is 36.0 Å². The third-order valence-electron chi connectivity index (χ3n) is 5.02. The van der Waals surface area contributed by atoms with E-state index in [1.807, 2.05) is 25.3 Å². The van der Waals surface area contributed by atoms with E-state index in [0.717, 1.165) is 22.4 Å². The Hall–Kier alpha value is -3.61. The molecule has 4 aromatic rings. The molecule has 0 bridgehead atoms. The van der Waals surface area contributed by atoms with Crippen LogP contribution in [-0.4, -0.2) is 21.6 Å². The molecule has 0 aliphatic carbocycles. The quantitative estimate of drug-likeness (QED) is 0.392. The fourth-order valence-corrected chi connectivity index (χ4v) is 3.18. The number of rotatable bonds is 8. The summed E-state index contributed by atoms with van der Waals surface area (Å²) in [6.07, 6.45) is 1.85. The zero-order chi connectivity index (χ0) is 21.8. The smallest absolute Gasteiger partial charge is 0.336 e. The van der Waals surface area contributed by atoms with Crippen LogP contribution in [0.15, 0.2) is 63.9 Å². The number of aryl methyl sites for hydroxylation is 1. The van der Waals surface area contributed by atoms with E-state index in [1.165, 1.54) is 11.6 Å². The van der Waals surface area contributed by atoms with Crippen molar-refractivity contribution < 1.29 is 13.9 Å². The summed E-state index contributed by atoms with van der Waals surface area (Å²) in [5, 5.41) is 9.16. The minimum Gasteiger partial charge on any atom is -0.492 e. The van der Waals surface area contributed by atoms with Crippen LogP contribution in [-0.2, 0) is 13.2 Å². The van der Waals surface area contributed by atoms with Gasteiger partial charge in [-0.1, -0.05) is 31.2 Å². The summed E-state index contributed by atoms with van der Waals surface area (Å²) in [7, 11) is 0. The van der Waals surface area contributed by atoms with Gasteiger partial charge >= 0.3 is 5.63 Å². The molecule has 0 amide bonds. The Kier molecular flexibility index (Phi) is 6.02. The molecule has 0 aliphatic rings. The summed E-state index contributed by atoms with van der Waals surface area (Å²) in [6.45, 7) is 7.65. The van der Waals surface area contributed by atoms with Crippen LogP contribution in [0.2, 0.25) is 0 Å². The Morgan fingerprint density at radius 1 is 1.06 bits per heavy atom. The molecule has 2 heterocycles. The van der Waals surface area contributed by atoms with E-state index in [2.05, 4.69) is 42.4 Å². The number of hydrogen-bond acceptors (Lipinski definition) is 6. The van der Waals surface area contributed by atoms with Crippen LogP contribution in [0.5, 0.6) is 11.5 Å². The van der Waals surface area contributed by atoms with E-state index in [0.29, 0.717) is 37.0 Å². The average Bonchev–Trinajstić information content (AvgIpc) is 3.20. The summed E-state index contributed by atoms with van der Waals surface area (Å²) in [4.78, 5) is 11.4. The molecular formula is C24H25N3O4. The van der Waals surface area contributed by atoms with Crippen LogP contribution in [0.3, 0.4) is 0 Å². The Bertz CT molecular complexity index is 1240. The molecule has 0 saturated heterocycles. The van der Waals surface area contributed by atoms with Gasteiger partial charge in [-0.2, -0.15) is 0 Å². The van der Waals surface area contributed by atoms with Crippen molar-refractivity contribution >= 4 is 11.0 Å². The average molecular weight is 419 g/mol. The summed E-state index contributed by atoms with van der Waals surface area (Å²) in [6, 6.07) is 14.8. The second-order valence-electron chi connectivity index (χ2n) is 7.74. The summed E-state index contributed by atoms with van der Waals surface area (Å²) >= 11 is 0. The van der Waals surface area contributed by atoms with Crippen LogP contribution in [0.4, 0.5) is 0 Å². The van der Waals surface area contributed by atoms with Gasteiger partial charge in [0, 0.05) is 17.5 Å². The minimum atomic E-state index is -0.381. The molecule has 4 rings (SSSR count). The van der Waals surface area contributed by atoms with Crippen molar-refractivity contribution in [2.45, 2.75) is 39.8 Å². The van der Waals surface area contributed by atoms with Crippen LogP contribution < -0.4 is 15.1 Å². The van der Waals surface area contributed by atoms with Crippen LogP contribution in [0, 0.1) is 6.92 Å². The lowest BCUT2D eigenvalue weighted by Gasteiger charge is -2.11. The van der Waals surface area contributed by atoms with Gasteiger partial charge in [-0.15, -0.1) is 5.10 Å². The van der Waals surface area contributed by atoms with Crippen molar-refractivity contribution in [3.63, 3.8) is 0 Å². The first-order valence-electron chi connectivity index (χ1n) is 10.3. The number of ether oxygens (including phenoxy) is 2. The maximum atomic E-state index is 11.4. The second-order valence-corrected chi connectivity index (χ2v) is 7.74. The molecule has 31 heavy (non-hydrogen) atoms. The van der Waals surface area contributed by atoms with Crippen molar-refractivity contribution in [3.05, 3.63) is 82.0 Å². The molecule has 0 radical (unpaired) electrons. The second kappa shape index (κ2) is 9.04. The molecule has 0 N–H and O–H groups in total. The Labute approximate surface area is 180 Å². The third-order valence-corrected chi connectivity index (χ3v) is 5.02. The van der Waals surface area contributed by atoms with Crippen molar-refractivity contribution in [3.8, 4) is 11.5 Å². The first-order valence-corrected chi connectivity index (χ1v) is 10.3. The molecule has 0 spiro atoms. The van der Waals surface area contributed by atoms with Crippen LogP contribution in [0.1, 0.15) is 36.6 Å². The molecule has 160 valence electrons. The molecule has 7 heteroatoms. The molecule has 0 unspecified atom stereocenters. The standard InChI is InChI=1S/C24H25N3O4/c1-16(2)19-5-4-17(3)22(12-19)30-15-20-14-27(26-25-20)10-11-29-21-8-6-18-7-9-24(28)31-23(18)13-21/h4-9,12-14,16H,10-11,15H2,1-3H3. The highest BCUT2D eigenvalue weighted by molar-refractivity contribution is 5.77. The van der Waals surface area contributed by atoms with Crippen molar-refractivity contribution in [1.29, 1.82) is 0 Å². The van der Waals surface area contributed by atoms with Crippen molar-refractivity contribution in [2.24, 2.45) is 0 Å². The Balaban J connectivity index is 1.31. The SMILES string of the molecule is Cc1ccc(C(C)C)cc1OCc1cn(CCOc2ccc3ccc(=O)oc3c2)nn1. The van der Waals surface area contributed by atoms with Gasteiger partial charge < -0.3 is 13.9 Å². The predicted octanol–water partition coefficient (Wildman–Crippen LogP) is 4.47. The van der Waals surface area contributed by atoms with Gasteiger partial charge in [0.15, 0.2) is 0 Å². The Morgan fingerprint density at radius 2 is 1.90 bits per heavy atom. The van der Waals surface area contributed by atoms with Crippen LogP contribution >= 0.6 is 0 Å². The summed E-state index contributed by atoms with van der Waals surface area (Å²) < 4.78 is 18.6. The maximum Gasteiger partial charge on any atom is 0.336 e. The number of nitrogens with zero attached hydrogens (tertiary/aromatic N) is 3. The van der Waals surface area contributed by atoms with Gasteiger partial charge in [0.05, 0.1) is 12.7 Å². The van der Waals surface area contributed by atoms with E-state index in [4.69, 9.17) is 13.9 Å². The molecule has 2 aromatic heterocycles. The minimum absolute atomic E-state index is 0.354. The monoisotopic (exact) mass is 419 g/mol. The van der Waals surface area contributed by atoms with Gasteiger partial charge in [0.2, 0.25) is 0 Å². The van der Waals surface area contributed by atoms with Crippen LogP contribution in [0.25, 0.3) is 11.0 Å². The summed E-state index contributed by atoms with van der Waals surface area (Å²) in [5.74, 6) is 1.94. The molecule has 2 aromatic carbocycles. The normalized spacial score (nSPS) is 11.2. The number of hydrogen-bond donors (Lipinski definition) is 0. The zero-order valence-corrected chi connectivity index (χ0v) is 17.9. The van der Waals surface area contributed by atoms with E-state index in [1.54, 1.807) is 16.8 Å². The molecular weight excluding hydrogens is 394 g/mol. The maximum absolute atomic E-state index is 11.4. The molecule has 7 nitrogen and oxygen atoms in total. The number of benzene rings is 2. The van der Waals surface area contributed by atoms with E-state index >= 15 is 0 Å². The lowest BCUT2D eigenvalue weighted by Crippen LogP contribution is -2.08. The zero-order valence-electron chi connectivity index (χ0n) is 17.9. The lowest BCUT2D eigenvalue weighted by molar-refractivity contribution is 0.289. The largest absolute Gasteiger partial charge is 0.492 e. The highest BCUT2D eigenvalue weighted by Gasteiger charge is 2.08.